The van der Waals surface area contributed by atoms with Gasteiger partial charge in [-0.2, -0.15) is 0 Å². The van der Waals surface area contributed by atoms with Crippen LogP contribution in [0.15, 0.2) is 40.2 Å². The molecule has 0 aliphatic heterocycles. The molecule has 0 amide bonds. The van der Waals surface area contributed by atoms with Gasteiger partial charge in [0.1, 0.15) is 0 Å². The van der Waals surface area contributed by atoms with E-state index < -0.39 is 0 Å². The zero-order valence-electron chi connectivity index (χ0n) is 10.6. The van der Waals surface area contributed by atoms with Crippen LogP contribution in [0.2, 0.25) is 0 Å². The largest absolute Gasteiger partial charge is 0.378 e. The Bertz CT molecular complexity index is 522. The van der Waals surface area contributed by atoms with Gasteiger partial charge in [0, 0.05) is 41.6 Å². The number of rotatable bonds is 4. The highest BCUT2D eigenvalue weighted by molar-refractivity contribution is 9.10. The fourth-order valence-electron chi connectivity index (χ4n) is 1.82. The molecule has 1 unspecified atom stereocenters. The van der Waals surface area contributed by atoms with Gasteiger partial charge in [0.15, 0.2) is 0 Å². The summed E-state index contributed by atoms with van der Waals surface area (Å²) in [4.78, 5) is 3.40. The molecule has 0 aliphatic rings. The van der Waals surface area contributed by atoms with Crippen LogP contribution in [-0.4, -0.2) is 14.1 Å². The lowest BCUT2D eigenvalue weighted by Gasteiger charge is -2.17. The standard InChI is InChI=1S/C14H17BrN2S/c1-17(2)11-5-3-4-10(8-11)13(16)9-14-12(15)6-7-18-14/h3-8,13H,9,16H2,1-2H3. The number of hydrogen-bond acceptors (Lipinski definition) is 3. The molecule has 0 radical (unpaired) electrons. The van der Waals surface area contributed by atoms with Gasteiger partial charge in [-0.15, -0.1) is 11.3 Å². The molecule has 4 heteroatoms. The van der Waals surface area contributed by atoms with Gasteiger partial charge in [0.25, 0.3) is 0 Å². The molecule has 0 saturated heterocycles. The first kappa shape index (κ1) is 13.6. The maximum absolute atomic E-state index is 6.29. The molecule has 18 heavy (non-hydrogen) atoms. The third-order valence-corrected chi connectivity index (χ3v) is 4.86. The zero-order valence-corrected chi connectivity index (χ0v) is 13.0. The summed E-state index contributed by atoms with van der Waals surface area (Å²) in [6.07, 6.45) is 0.870. The number of benzene rings is 1. The number of nitrogens with two attached hydrogens (primary N) is 1. The van der Waals surface area contributed by atoms with Crippen LogP contribution in [0.1, 0.15) is 16.5 Å². The van der Waals surface area contributed by atoms with Gasteiger partial charge in [-0.25, -0.2) is 0 Å². The minimum atomic E-state index is 0.0415. The van der Waals surface area contributed by atoms with Crippen molar-refractivity contribution in [3.05, 3.63) is 50.6 Å². The van der Waals surface area contributed by atoms with E-state index in [4.69, 9.17) is 5.73 Å². The first-order chi connectivity index (χ1) is 8.58. The van der Waals surface area contributed by atoms with Crippen molar-refractivity contribution in [2.75, 3.05) is 19.0 Å². The second kappa shape index (κ2) is 5.87. The molecule has 1 atom stereocenters. The van der Waals surface area contributed by atoms with Crippen LogP contribution in [0.5, 0.6) is 0 Å². The predicted molar refractivity (Wildman–Crippen MR) is 83.4 cm³/mol. The minimum absolute atomic E-state index is 0.0415. The summed E-state index contributed by atoms with van der Waals surface area (Å²) in [5.41, 5.74) is 8.66. The molecule has 0 aliphatic carbocycles. The van der Waals surface area contributed by atoms with E-state index in [1.807, 2.05) is 14.1 Å². The van der Waals surface area contributed by atoms with Crippen LogP contribution in [0.4, 0.5) is 5.69 Å². The van der Waals surface area contributed by atoms with E-state index in [1.54, 1.807) is 11.3 Å². The van der Waals surface area contributed by atoms with Crippen molar-refractivity contribution in [1.29, 1.82) is 0 Å². The van der Waals surface area contributed by atoms with Crippen molar-refractivity contribution in [3.8, 4) is 0 Å². The van der Waals surface area contributed by atoms with E-state index in [0.717, 1.165) is 10.9 Å². The number of nitrogens with zero attached hydrogens (tertiary/aromatic N) is 1. The summed E-state index contributed by atoms with van der Waals surface area (Å²) in [5.74, 6) is 0. The number of halogens is 1. The van der Waals surface area contributed by atoms with Crippen molar-refractivity contribution in [3.63, 3.8) is 0 Å². The number of anilines is 1. The van der Waals surface area contributed by atoms with Crippen LogP contribution >= 0.6 is 27.3 Å². The second-order valence-electron chi connectivity index (χ2n) is 4.49. The predicted octanol–water partition coefficient (Wildman–Crippen LogP) is 3.82. The van der Waals surface area contributed by atoms with Crippen LogP contribution in [0, 0.1) is 0 Å². The lowest BCUT2D eigenvalue weighted by atomic mass is 10.0. The molecule has 0 spiro atoms. The molecule has 96 valence electrons. The van der Waals surface area contributed by atoms with Gasteiger partial charge in [0.2, 0.25) is 0 Å². The summed E-state index contributed by atoms with van der Waals surface area (Å²) in [7, 11) is 4.08. The molecule has 2 N–H and O–H groups in total. The quantitative estimate of drug-likeness (QED) is 0.926. The third kappa shape index (κ3) is 3.13. The average molecular weight is 325 g/mol. The molecule has 1 aromatic carbocycles. The molecule has 2 aromatic rings. The first-order valence-electron chi connectivity index (χ1n) is 5.82. The van der Waals surface area contributed by atoms with Gasteiger partial charge in [0.05, 0.1) is 0 Å². The van der Waals surface area contributed by atoms with Crippen molar-refractivity contribution in [2.45, 2.75) is 12.5 Å². The Morgan fingerprint density at radius 3 is 2.72 bits per heavy atom. The highest BCUT2D eigenvalue weighted by Gasteiger charge is 2.11. The Morgan fingerprint density at radius 1 is 1.33 bits per heavy atom. The second-order valence-corrected chi connectivity index (χ2v) is 6.35. The maximum Gasteiger partial charge on any atom is 0.0364 e. The fourth-order valence-corrected chi connectivity index (χ4v) is 3.40. The molecular formula is C14H17BrN2S. The maximum atomic E-state index is 6.29. The lowest BCUT2D eigenvalue weighted by Crippen LogP contribution is -2.14. The fraction of sp³-hybridized carbons (Fsp3) is 0.286. The van der Waals surface area contributed by atoms with Crippen LogP contribution in [0.3, 0.4) is 0 Å². The topological polar surface area (TPSA) is 29.3 Å². The highest BCUT2D eigenvalue weighted by atomic mass is 79.9. The molecule has 0 saturated carbocycles. The molecule has 2 rings (SSSR count). The Kier molecular flexibility index (Phi) is 4.43. The summed E-state index contributed by atoms with van der Waals surface area (Å²) in [5, 5.41) is 2.09. The SMILES string of the molecule is CN(C)c1cccc(C(N)Cc2sccc2Br)c1. The monoisotopic (exact) mass is 324 g/mol. The van der Waals surface area contributed by atoms with Crippen molar-refractivity contribution in [2.24, 2.45) is 5.73 Å². The molecule has 1 aromatic heterocycles. The highest BCUT2D eigenvalue weighted by Crippen LogP contribution is 2.28. The molecule has 0 bridgehead atoms. The van der Waals surface area contributed by atoms with Crippen molar-refractivity contribution < 1.29 is 0 Å². The Morgan fingerprint density at radius 2 is 2.11 bits per heavy atom. The molecule has 2 nitrogen and oxygen atoms in total. The smallest absolute Gasteiger partial charge is 0.0364 e. The third-order valence-electron chi connectivity index (χ3n) is 2.91. The van der Waals surface area contributed by atoms with Crippen LogP contribution in [0.25, 0.3) is 0 Å². The summed E-state index contributed by atoms with van der Waals surface area (Å²) < 4.78 is 1.16. The lowest BCUT2D eigenvalue weighted by molar-refractivity contribution is 0.728. The van der Waals surface area contributed by atoms with Crippen LogP contribution < -0.4 is 10.6 Å². The van der Waals surface area contributed by atoms with Gasteiger partial charge >= 0.3 is 0 Å². The number of thiophene rings is 1. The van der Waals surface area contributed by atoms with Crippen molar-refractivity contribution >= 4 is 33.0 Å². The van der Waals surface area contributed by atoms with E-state index in [0.29, 0.717) is 0 Å². The van der Waals surface area contributed by atoms with E-state index in [2.05, 4.69) is 56.5 Å². The van der Waals surface area contributed by atoms with Gasteiger partial charge < -0.3 is 10.6 Å². The van der Waals surface area contributed by atoms with E-state index in [1.165, 1.54) is 16.1 Å². The summed E-state index contributed by atoms with van der Waals surface area (Å²) >= 11 is 5.30. The number of hydrogen-bond donors (Lipinski definition) is 1. The Hall–Kier alpha value is -0.840. The normalized spacial score (nSPS) is 12.4. The summed E-state index contributed by atoms with van der Waals surface area (Å²) in [6.45, 7) is 0. The Labute approximate surface area is 121 Å². The zero-order chi connectivity index (χ0) is 13.1. The minimum Gasteiger partial charge on any atom is -0.378 e. The molecular weight excluding hydrogens is 308 g/mol. The molecule has 0 fully saturated rings. The summed E-state index contributed by atoms with van der Waals surface area (Å²) in [6, 6.07) is 10.5. The van der Waals surface area contributed by atoms with Gasteiger partial charge in [-0.05, 0) is 45.1 Å². The van der Waals surface area contributed by atoms with E-state index in [9.17, 15) is 0 Å². The first-order valence-corrected chi connectivity index (χ1v) is 7.50. The van der Waals surface area contributed by atoms with Gasteiger partial charge in [-0.3, -0.25) is 0 Å². The van der Waals surface area contributed by atoms with E-state index >= 15 is 0 Å². The van der Waals surface area contributed by atoms with E-state index in [-0.39, 0.29) is 6.04 Å². The average Bonchev–Trinajstić information content (AvgIpc) is 2.75. The van der Waals surface area contributed by atoms with Crippen molar-refractivity contribution in [1.82, 2.24) is 0 Å². The Balaban J connectivity index is 2.16. The van der Waals surface area contributed by atoms with Crippen LogP contribution in [-0.2, 0) is 6.42 Å². The molecule has 1 heterocycles. The van der Waals surface area contributed by atoms with Gasteiger partial charge in [-0.1, -0.05) is 12.1 Å².